The molecule has 0 aliphatic rings. The van der Waals surface area contributed by atoms with Crippen molar-refractivity contribution in [3.05, 3.63) is 71.1 Å². The van der Waals surface area contributed by atoms with Crippen LogP contribution < -0.4 is 10.4 Å². The van der Waals surface area contributed by atoms with Crippen molar-refractivity contribution >= 4 is 24.7 Å². The number of azide groups is 1. The molecule has 0 N–H and O–H groups in total. The Morgan fingerprint density at radius 1 is 0.735 bits per heavy atom. The van der Waals surface area contributed by atoms with Crippen LogP contribution in [0.5, 0.6) is 0 Å². The average molecular weight is 694 g/mol. The van der Waals surface area contributed by atoms with Crippen LogP contribution in [0.25, 0.3) is 10.4 Å². The smallest absolute Gasteiger partial charge is 0.306 e. The first-order valence-electron chi connectivity index (χ1n) is 19.3. The number of nitrogens with zero attached hydrogens (tertiary/aromatic N) is 3. The van der Waals surface area contributed by atoms with Gasteiger partial charge in [-0.25, -0.2) is 0 Å². The molecule has 0 bridgehead atoms. The Hall–Kier alpha value is -2.64. The van der Waals surface area contributed by atoms with Crippen LogP contribution in [0.4, 0.5) is 0 Å². The lowest BCUT2D eigenvalue weighted by molar-refractivity contribution is -0.150. The number of ether oxygens (including phenoxy) is 2. The summed E-state index contributed by atoms with van der Waals surface area (Å²) in [6.07, 6.45) is 18.7. The molecule has 0 radical (unpaired) electrons. The summed E-state index contributed by atoms with van der Waals surface area (Å²) in [5, 5.41) is 6.26. The van der Waals surface area contributed by atoms with Crippen molar-refractivity contribution in [3.8, 4) is 0 Å². The predicted octanol–water partition coefficient (Wildman–Crippen LogP) is 10.8. The largest absolute Gasteiger partial charge is 0.462 e. The van der Waals surface area contributed by atoms with Gasteiger partial charge in [-0.15, -0.1) is 0 Å². The van der Waals surface area contributed by atoms with Gasteiger partial charge in [-0.2, -0.15) is 0 Å². The molecule has 49 heavy (non-hydrogen) atoms. The highest BCUT2D eigenvalue weighted by Gasteiger charge is 2.50. The number of carbonyl (C=O) groups is 1. The zero-order chi connectivity index (χ0) is 35.6. The quantitative estimate of drug-likeness (QED) is 0.0221. The van der Waals surface area contributed by atoms with Crippen molar-refractivity contribution in [2.24, 2.45) is 5.11 Å². The second-order valence-corrected chi connectivity index (χ2v) is 18.9. The lowest BCUT2D eigenvalue weighted by Gasteiger charge is -2.43. The monoisotopic (exact) mass is 693 g/mol. The zero-order valence-electron chi connectivity index (χ0n) is 31.5. The fourth-order valence-electron chi connectivity index (χ4n) is 6.67. The second-order valence-electron chi connectivity index (χ2n) is 14.6. The number of unbranched alkanes of at least 4 members (excludes halogenated alkanes) is 12. The van der Waals surface area contributed by atoms with Crippen molar-refractivity contribution < 1.29 is 18.7 Å². The average Bonchev–Trinajstić information content (AvgIpc) is 3.09. The molecule has 0 saturated heterocycles. The zero-order valence-corrected chi connectivity index (χ0v) is 32.5. The van der Waals surface area contributed by atoms with Gasteiger partial charge in [-0.05, 0) is 40.2 Å². The topological polar surface area (TPSA) is 93.5 Å². The minimum absolute atomic E-state index is 0.0906. The lowest BCUT2D eigenvalue weighted by Crippen LogP contribution is -2.67. The summed E-state index contributed by atoms with van der Waals surface area (Å²) in [5.74, 6) is -0.0906. The minimum Gasteiger partial charge on any atom is -0.462 e. The highest BCUT2D eigenvalue weighted by molar-refractivity contribution is 6.99. The van der Waals surface area contributed by atoms with E-state index in [1.807, 2.05) is 12.1 Å². The third-order valence-electron chi connectivity index (χ3n) is 9.43. The lowest BCUT2D eigenvalue weighted by atomic mass is 10.1. The van der Waals surface area contributed by atoms with Gasteiger partial charge in [0.05, 0.1) is 19.3 Å². The van der Waals surface area contributed by atoms with E-state index in [4.69, 9.17) is 13.9 Å². The summed E-state index contributed by atoms with van der Waals surface area (Å²) in [7, 11) is -2.77. The first-order chi connectivity index (χ1) is 23.8. The molecule has 0 amide bonds. The van der Waals surface area contributed by atoms with E-state index in [1.165, 1.54) is 74.6 Å². The van der Waals surface area contributed by atoms with Crippen molar-refractivity contribution in [1.82, 2.24) is 0 Å². The molecule has 0 spiro atoms. The molecule has 2 rings (SSSR count). The number of carbonyl (C=O) groups excluding carboxylic acids is 1. The highest BCUT2D eigenvalue weighted by Crippen LogP contribution is 2.37. The molecule has 2 aromatic rings. The molecule has 0 aliphatic heterocycles. The maximum Gasteiger partial charge on any atom is 0.306 e. The van der Waals surface area contributed by atoms with Crippen LogP contribution in [0, 0.1) is 0 Å². The van der Waals surface area contributed by atoms with E-state index in [0.29, 0.717) is 19.4 Å². The van der Waals surface area contributed by atoms with Gasteiger partial charge in [0, 0.05) is 24.4 Å². The number of benzene rings is 2. The van der Waals surface area contributed by atoms with Crippen LogP contribution in [0.3, 0.4) is 0 Å². The maximum absolute atomic E-state index is 12.8. The third kappa shape index (κ3) is 16.3. The number of rotatable bonds is 28. The van der Waals surface area contributed by atoms with Crippen LogP contribution in [-0.2, 0) is 18.7 Å². The minimum atomic E-state index is -2.77. The van der Waals surface area contributed by atoms with E-state index in [-0.39, 0.29) is 30.3 Å². The second kappa shape index (κ2) is 25.3. The molecule has 2 atom stereocenters. The third-order valence-corrected chi connectivity index (χ3v) is 14.4. The van der Waals surface area contributed by atoms with Gasteiger partial charge in [-0.3, -0.25) is 4.79 Å². The summed E-state index contributed by atoms with van der Waals surface area (Å²) in [5.41, 5.74) is 9.43. The fraction of sp³-hybridized carbons (Fsp3) is 0.683. The first kappa shape index (κ1) is 42.5. The van der Waals surface area contributed by atoms with E-state index in [0.717, 1.165) is 32.1 Å². The van der Waals surface area contributed by atoms with Crippen LogP contribution >= 0.6 is 0 Å². The van der Waals surface area contributed by atoms with Crippen LogP contribution in [-0.4, -0.2) is 46.3 Å². The molecule has 0 fully saturated rings. The summed E-state index contributed by atoms with van der Waals surface area (Å²) in [4.78, 5) is 15.9. The van der Waals surface area contributed by atoms with Crippen LogP contribution in [0.1, 0.15) is 144 Å². The van der Waals surface area contributed by atoms with Gasteiger partial charge in [-0.1, -0.05) is 177 Å². The molecule has 0 unspecified atom stereocenters. The Morgan fingerprint density at radius 3 is 1.76 bits per heavy atom. The molecule has 2 aromatic carbocycles. The molecule has 7 nitrogen and oxygen atoms in total. The fourth-order valence-corrected chi connectivity index (χ4v) is 11.3. The highest BCUT2D eigenvalue weighted by atomic mass is 28.4. The Kier molecular flexibility index (Phi) is 22.0. The SMILES string of the molecule is CCCCCCCCCCCC(=O)O[C@H](CCCCCCC)CCOC[C@H](CO[Si](c1ccccc1)(c1ccccc1)C(C)(C)C)N=[N+]=[N-]. The van der Waals surface area contributed by atoms with Crippen molar-refractivity contribution in [2.75, 3.05) is 19.8 Å². The van der Waals surface area contributed by atoms with Crippen molar-refractivity contribution in [3.63, 3.8) is 0 Å². The maximum atomic E-state index is 12.8. The predicted molar refractivity (Wildman–Crippen MR) is 207 cm³/mol. The number of hydrogen-bond acceptors (Lipinski definition) is 5. The van der Waals surface area contributed by atoms with Crippen molar-refractivity contribution in [2.45, 2.75) is 161 Å². The number of esters is 1. The Balaban J connectivity index is 1.95. The molecule has 0 heterocycles. The van der Waals surface area contributed by atoms with Crippen LogP contribution in [0.15, 0.2) is 65.8 Å². The Morgan fingerprint density at radius 2 is 1.24 bits per heavy atom. The van der Waals surface area contributed by atoms with Gasteiger partial charge < -0.3 is 13.9 Å². The Labute approximate surface area is 299 Å². The van der Waals surface area contributed by atoms with Crippen molar-refractivity contribution in [1.29, 1.82) is 0 Å². The standard InChI is InChI=1S/C41H67N3O4Si/c1-6-8-10-12-13-14-15-17-25-31-40(45)48-37(26-20-16-11-9-7-2)32-33-46-34-36(43-44-42)35-47-49(41(3,4)5,38-27-21-18-22-28-38)39-29-23-19-24-30-39/h18-19,21-24,27-30,36-37H,6-17,20,25-26,31-35H2,1-5H3/t36-,37-/m1/s1. The summed E-state index contributed by atoms with van der Waals surface area (Å²) in [6, 6.07) is 20.4. The molecular weight excluding hydrogens is 627 g/mol. The van der Waals surface area contributed by atoms with E-state index >= 15 is 0 Å². The molecule has 0 saturated carbocycles. The van der Waals surface area contributed by atoms with E-state index in [1.54, 1.807) is 0 Å². The molecule has 0 aromatic heterocycles. The summed E-state index contributed by atoms with van der Waals surface area (Å²) in [6.45, 7) is 12.1. The summed E-state index contributed by atoms with van der Waals surface area (Å²) >= 11 is 0. The Bertz CT molecular complexity index is 1130. The van der Waals surface area contributed by atoms with Gasteiger partial charge in [0.15, 0.2) is 0 Å². The molecule has 274 valence electrons. The van der Waals surface area contributed by atoms with Gasteiger partial charge in [0.25, 0.3) is 8.32 Å². The van der Waals surface area contributed by atoms with Gasteiger partial charge in [0.2, 0.25) is 0 Å². The van der Waals surface area contributed by atoms with E-state index in [9.17, 15) is 10.3 Å². The first-order valence-corrected chi connectivity index (χ1v) is 21.3. The van der Waals surface area contributed by atoms with Crippen LogP contribution in [0.2, 0.25) is 5.04 Å². The molecular formula is C41H67N3O4Si. The molecule has 0 aliphatic carbocycles. The van der Waals surface area contributed by atoms with E-state index in [2.05, 4.69) is 93.2 Å². The molecule has 8 heteroatoms. The van der Waals surface area contributed by atoms with E-state index < -0.39 is 14.4 Å². The van der Waals surface area contributed by atoms with Gasteiger partial charge in [0.1, 0.15) is 6.10 Å². The van der Waals surface area contributed by atoms with Gasteiger partial charge >= 0.3 is 5.97 Å². The summed E-state index contributed by atoms with van der Waals surface area (Å²) < 4.78 is 19.1. The number of hydrogen-bond donors (Lipinski definition) is 0. The normalized spacial score (nSPS) is 13.1.